The maximum absolute atomic E-state index is 8.99. The van der Waals surface area contributed by atoms with Gasteiger partial charge in [0, 0.05) is 6.54 Å². The van der Waals surface area contributed by atoms with E-state index in [-0.39, 0.29) is 5.75 Å². The molecule has 1 heterocycles. The molecular formula is C6H10N2O. The molecule has 3 heteroatoms. The van der Waals surface area contributed by atoms with E-state index in [1.54, 1.807) is 4.68 Å². The molecule has 50 valence electrons. The molecule has 1 aromatic heterocycles. The Labute approximate surface area is 53.9 Å². The Kier molecular flexibility index (Phi) is 1.42. The van der Waals surface area contributed by atoms with Crippen LogP contribution in [0.25, 0.3) is 0 Å². The molecule has 0 aliphatic heterocycles. The Hall–Kier alpha value is -0.990. The first kappa shape index (κ1) is 6.13. The van der Waals surface area contributed by atoms with Gasteiger partial charge in [-0.3, -0.25) is 4.68 Å². The number of rotatable bonds is 1. The van der Waals surface area contributed by atoms with Crippen molar-refractivity contribution in [1.82, 2.24) is 9.78 Å². The number of aryl methyl sites for hydroxylation is 1. The van der Waals surface area contributed by atoms with E-state index >= 15 is 0 Å². The summed E-state index contributed by atoms with van der Waals surface area (Å²) in [6.07, 6.45) is 1.46. The highest BCUT2D eigenvalue weighted by atomic mass is 16.3. The molecule has 1 aromatic rings. The molecule has 0 fully saturated rings. The molecule has 0 spiro atoms. The molecule has 1 N–H and O–H groups in total. The maximum atomic E-state index is 8.99. The van der Waals surface area contributed by atoms with Crippen molar-refractivity contribution < 1.29 is 5.11 Å². The van der Waals surface area contributed by atoms with E-state index in [1.165, 1.54) is 6.20 Å². The van der Waals surface area contributed by atoms with Crippen molar-refractivity contribution in [3.63, 3.8) is 0 Å². The summed E-state index contributed by atoms with van der Waals surface area (Å²) in [5.74, 6) is 0.275. The van der Waals surface area contributed by atoms with Crippen molar-refractivity contribution in [3.05, 3.63) is 11.9 Å². The molecular weight excluding hydrogens is 116 g/mol. The van der Waals surface area contributed by atoms with Gasteiger partial charge in [-0.1, -0.05) is 0 Å². The van der Waals surface area contributed by atoms with Gasteiger partial charge >= 0.3 is 0 Å². The number of nitrogens with zero attached hydrogens (tertiary/aromatic N) is 2. The lowest BCUT2D eigenvalue weighted by Crippen LogP contribution is -1.97. The molecule has 3 nitrogen and oxygen atoms in total. The molecule has 1 rings (SSSR count). The zero-order valence-corrected chi connectivity index (χ0v) is 5.63. The molecule has 0 saturated carbocycles. The number of aromatic nitrogens is 2. The van der Waals surface area contributed by atoms with Gasteiger partial charge in [-0.15, -0.1) is 0 Å². The second-order valence-electron chi connectivity index (χ2n) is 1.93. The summed E-state index contributed by atoms with van der Waals surface area (Å²) in [6, 6.07) is 0. The van der Waals surface area contributed by atoms with E-state index in [0.717, 1.165) is 12.2 Å². The summed E-state index contributed by atoms with van der Waals surface area (Å²) in [6.45, 7) is 4.64. The first-order valence-electron chi connectivity index (χ1n) is 2.97. The lowest BCUT2D eigenvalue weighted by molar-refractivity contribution is 0.468. The van der Waals surface area contributed by atoms with Gasteiger partial charge in [0.2, 0.25) is 0 Å². The molecule has 0 amide bonds. The SMILES string of the molecule is CCn1ncc(O)c1C. The minimum Gasteiger partial charge on any atom is -0.504 e. The normalized spacial score (nSPS) is 10.0. The fraction of sp³-hybridized carbons (Fsp3) is 0.500. The maximum Gasteiger partial charge on any atom is 0.156 e. The Balaban J connectivity index is 3.04. The molecule has 0 aliphatic rings. The van der Waals surface area contributed by atoms with Gasteiger partial charge in [-0.05, 0) is 13.8 Å². The second-order valence-corrected chi connectivity index (χ2v) is 1.93. The topological polar surface area (TPSA) is 38.0 Å². The van der Waals surface area contributed by atoms with Crippen LogP contribution in [0.4, 0.5) is 0 Å². The van der Waals surface area contributed by atoms with Crippen molar-refractivity contribution in [1.29, 1.82) is 0 Å². The summed E-state index contributed by atoms with van der Waals surface area (Å²) in [7, 11) is 0. The van der Waals surface area contributed by atoms with Crippen molar-refractivity contribution >= 4 is 0 Å². The van der Waals surface area contributed by atoms with Crippen LogP contribution in [-0.4, -0.2) is 14.9 Å². The standard InChI is InChI=1S/C6H10N2O/c1-3-8-5(2)6(9)4-7-8/h4,9H,3H2,1-2H3. The van der Waals surface area contributed by atoms with Gasteiger partial charge in [0.1, 0.15) is 0 Å². The largest absolute Gasteiger partial charge is 0.504 e. The average Bonchev–Trinajstić information content (AvgIpc) is 2.15. The van der Waals surface area contributed by atoms with E-state index < -0.39 is 0 Å². The number of aromatic hydroxyl groups is 1. The highest BCUT2D eigenvalue weighted by Gasteiger charge is 1.99. The quantitative estimate of drug-likeness (QED) is 0.607. The Bertz CT molecular complexity index is 205. The van der Waals surface area contributed by atoms with Crippen molar-refractivity contribution in [2.24, 2.45) is 0 Å². The Morgan fingerprint density at radius 3 is 2.67 bits per heavy atom. The average molecular weight is 126 g/mol. The van der Waals surface area contributed by atoms with Gasteiger partial charge in [-0.2, -0.15) is 5.10 Å². The number of hydrogen-bond acceptors (Lipinski definition) is 2. The third-order valence-corrected chi connectivity index (χ3v) is 1.38. The van der Waals surface area contributed by atoms with Crippen LogP contribution in [0.2, 0.25) is 0 Å². The second kappa shape index (κ2) is 2.09. The van der Waals surface area contributed by atoms with E-state index in [1.807, 2.05) is 13.8 Å². The summed E-state index contributed by atoms with van der Waals surface area (Å²) < 4.78 is 1.75. The molecule has 0 unspecified atom stereocenters. The van der Waals surface area contributed by atoms with E-state index in [9.17, 15) is 0 Å². The molecule has 0 bridgehead atoms. The molecule has 0 atom stereocenters. The van der Waals surface area contributed by atoms with Crippen molar-refractivity contribution in [3.8, 4) is 5.75 Å². The molecule has 0 aliphatic carbocycles. The third-order valence-electron chi connectivity index (χ3n) is 1.38. The van der Waals surface area contributed by atoms with Crippen LogP contribution in [0.3, 0.4) is 0 Å². The summed E-state index contributed by atoms with van der Waals surface area (Å²) in [5, 5.41) is 12.9. The molecule has 0 saturated heterocycles. The van der Waals surface area contributed by atoms with Gasteiger partial charge in [0.15, 0.2) is 5.75 Å². The summed E-state index contributed by atoms with van der Waals surface area (Å²) in [4.78, 5) is 0. The van der Waals surface area contributed by atoms with Crippen molar-refractivity contribution in [2.75, 3.05) is 0 Å². The van der Waals surface area contributed by atoms with Crippen LogP contribution >= 0.6 is 0 Å². The van der Waals surface area contributed by atoms with E-state index in [4.69, 9.17) is 5.11 Å². The number of hydrogen-bond donors (Lipinski definition) is 1. The fourth-order valence-corrected chi connectivity index (χ4v) is 0.755. The Morgan fingerprint density at radius 2 is 2.44 bits per heavy atom. The van der Waals surface area contributed by atoms with E-state index in [0.29, 0.717) is 0 Å². The summed E-state index contributed by atoms with van der Waals surface area (Å²) in [5.41, 5.74) is 0.831. The first-order chi connectivity index (χ1) is 4.25. The predicted octanol–water partition coefficient (Wildman–Crippen LogP) is 0.917. The zero-order chi connectivity index (χ0) is 6.85. The van der Waals surface area contributed by atoms with Crippen LogP contribution in [0.1, 0.15) is 12.6 Å². The molecule has 9 heavy (non-hydrogen) atoms. The van der Waals surface area contributed by atoms with Gasteiger partial charge in [0.05, 0.1) is 11.9 Å². The Morgan fingerprint density at radius 1 is 1.78 bits per heavy atom. The van der Waals surface area contributed by atoms with Crippen molar-refractivity contribution in [2.45, 2.75) is 20.4 Å². The van der Waals surface area contributed by atoms with Crippen LogP contribution in [0.15, 0.2) is 6.20 Å². The van der Waals surface area contributed by atoms with Gasteiger partial charge in [0.25, 0.3) is 0 Å². The minimum atomic E-state index is 0.275. The van der Waals surface area contributed by atoms with Crippen LogP contribution in [0.5, 0.6) is 5.75 Å². The first-order valence-corrected chi connectivity index (χ1v) is 2.97. The fourth-order valence-electron chi connectivity index (χ4n) is 0.755. The van der Waals surface area contributed by atoms with Crippen LogP contribution in [-0.2, 0) is 6.54 Å². The lowest BCUT2D eigenvalue weighted by atomic mass is 10.4. The summed E-state index contributed by atoms with van der Waals surface area (Å²) >= 11 is 0. The van der Waals surface area contributed by atoms with Gasteiger partial charge in [-0.25, -0.2) is 0 Å². The molecule has 0 aromatic carbocycles. The van der Waals surface area contributed by atoms with E-state index in [2.05, 4.69) is 5.10 Å². The predicted molar refractivity (Wildman–Crippen MR) is 34.3 cm³/mol. The van der Waals surface area contributed by atoms with Crippen LogP contribution in [0, 0.1) is 6.92 Å². The third kappa shape index (κ3) is 0.896. The van der Waals surface area contributed by atoms with Crippen LogP contribution < -0.4 is 0 Å². The zero-order valence-electron chi connectivity index (χ0n) is 5.63. The van der Waals surface area contributed by atoms with Gasteiger partial charge < -0.3 is 5.11 Å². The molecule has 0 radical (unpaired) electrons. The minimum absolute atomic E-state index is 0.275. The smallest absolute Gasteiger partial charge is 0.156 e. The lowest BCUT2D eigenvalue weighted by Gasteiger charge is -1.96. The highest BCUT2D eigenvalue weighted by Crippen LogP contribution is 2.12. The monoisotopic (exact) mass is 126 g/mol. The highest BCUT2D eigenvalue weighted by molar-refractivity contribution is 5.20.